The predicted octanol–water partition coefficient (Wildman–Crippen LogP) is 4.90. The Morgan fingerprint density at radius 3 is 2.68 bits per heavy atom. The van der Waals surface area contributed by atoms with E-state index in [2.05, 4.69) is 15.3 Å². The van der Waals surface area contributed by atoms with Crippen LogP contribution in [0.25, 0.3) is 22.5 Å². The number of benzene rings is 2. The first-order valence-electron chi connectivity index (χ1n) is 7.78. The van der Waals surface area contributed by atoms with Crippen molar-refractivity contribution in [3.05, 3.63) is 76.0 Å². The molecule has 4 nitrogen and oxygen atoms in total. The highest BCUT2D eigenvalue weighted by atomic mass is 32.1. The van der Waals surface area contributed by atoms with Gasteiger partial charge in [-0.2, -0.15) is 0 Å². The summed E-state index contributed by atoms with van der Waals surface area (Å²) >= 11 is 1.53. The lowest BCUT2D eigenvalue weighted by molar-refractivity contribution is 0.306. The van der Waals surface area contributed by atoms with Gasteiger partial charge in [-0.25, -0.2) is 14.0 Å². The third-order valence-corrected chi connectivity index (χ3v) is 4.78. The van der Waals surface area contributed by atoms with Crippen molar-refractivity contribution in [2.75, 3.05) is 0 Å². The van der Waals surface area contributed by atoms with Gasteiger partial charge in [-0.3, -0.25) is 0 Å². The van der Waals surface area contributed by atoms with Gasteiger partial charge in [-0.1, -0.05) is 41.6 Å². The van der Waals surface area contributed by atoms with Crippen LogP contribution in [-0.4, -0.2) is 15.3 Å². The molecule has 0 aliphatic carbocycles. The first-order chi connectivity index (χ1) is 12.2. The lowest BCUT2D eigenvalue weighted by Gasteiger charge is -2.01. The molecule has 0 fully saturated rings. The third kappa shape index (κ3) is 3.21. The normalized spacial score (nSPS) is 11.0. The van der Waals surface area contributed by atoms with Crippen LogP contribution >= 0.6 is 11.3 Å². The molecule has 124 valence electrons. The topological polar surface area (TPSA) is 51.8 Å². The van der Waals surface area contributed by atoms with Gasteiger partial charge in [0.05, 0.1) is 10.7 Å². The molecule has 0 atom stereocenters. The van der Waals surface area contributed by atoms with Crippen LogP contribution in [0.1, 0.15) is 16.3 Å². The molecule has 0 aliphatic rings. The largest absolute Gasteiger partial charge is 0.244 e. The maximum atomic E-state index is 13.8. The summed E-state index contributed by atoms with van der Waals surface area (Å²) < 4.78 is 18.6. The molecule has 0 radical (unpaired) electrons. The van der Waals surface area contributed by atoms with Gasteiger partial charge < -0.3 is 0 Å². The van der Waals surface area contributed by atoms with Gasteiger partial charge in [0.2, 0.25) is 0 Å². The second kappa shape index (κ2) is 6.57. The van der Waals surface area contributed by atoms with E-state index in [1.165, 1.54) is 17.4 Å². The monoisotopic (exact) mass is 351 g/mol. The zero-order chi connectivity index (χ0) is 17.2. The Bertz CT molecular complexity index is 1020. The van der Waals surface area contributed by atoms with E-state index in [0.29, 0.717) is 12.0 Å². The Hall–Kier alpha value is -2.86. The highest BCUT2D eigenvalue weighted by molar-refractivity contribution is 7.10. The van der Waals surface area contributed by atoms with E-state index >= 15 is 0 Å². The van der Waals surface area contributed by atoms with Crippen molar-refractivity contribution in [1.29, 1.82) is 0 Å². The molecule has 2 heterocycles. The highest BCUT2D eigenvalue weighted by Gasteiger charge is 2.11. The Morgan fingerprint density at radius 1 is 1.04 bits per heavy atom. The number of rotatable bonds is 4. The van der Waals surface area contributed by atoms with Gasteiger partial charge in [-0.15, -0.1) is 11.3 Å². The molecule has 0 spiro atoms. The molecule has 4 aromatic rings. The predicted molar refractivity (Wildman–Crippen MR) is 94.8 cm³/mol. The fourth-order valence-corrected chi connectivity index (χ4v) is 3.47. The first kappa shape index (κ1) is 15.7. The van der Waals surface area contributed by atoms with Gasteiger partial charge in [0.15, 0.2) is 0 Å². The van der Waals surface area contributed by atoms with Gasteiger partial charge in [0.1, 0.15) is 17.2 Å². The minimum absolute atomic E-state index is 0.199. The van der Waals surface area contributed by atoms with Crippen LogP contribution in [0.4, 0.5) is 4.39 Å². The van der Waals surface area contributed by atoms with Gasteiger partial charge in [0, 0.05) is 22.9 Å². The molecular weight excluding hydrogens is 337 g/mol. The highest BCUT2D eigenvalue weighted by Crippen LogP contribution is 2.28. The van der Waals surface area contributed by atoms with E-state index in [4.69, 9.17) is 4.63 Å². The molecule has 2 aromatic carbocycles. The van der Waals surface area contributed by atoms with Crippen molar-refractivity contribution in [2.45, 2.75) is 13.3 Å². The van der Waals surface area contributed by atoms with E-state index in [1.807, 2.05) is 42.6 Å². The van der Waals surface area contributed by atoms with Crippen LogP contribution in [0.2, 0.25) is 0 Å². The number of thiazole rings is 1. The lowest BCUT2D eigenvalue weighted by Crippen LogP contribution is -1.91. The Labute approximate surface area is 147 Å². The first-order valence-corrected chi connectivity index (χ1v) is 8.66. The van der Waals surface area contributed by atoms with Crippen molar-refractivity contribution in [2.24, 2.45) is 0 Å². The van der Waals surface area contributed by atoms with Gasteiger partial charge >= 0.3 is 0 Å². The van der Waals surface area contributed by atoms with E-state index in [0.717, 1.165) is 33.2 Å². The fraction of sp³-hybridized carbons (Fsp3) is 0.105. The van der Waals surface area contributed by atoms with Crippen LogP contribution in [0.3, 0.4) is 0 Å². The van der Waals surface area contributed by atoms with Crippen LogP contribution in [-0.2, 0) is 6.42 Å². The van der Waals surface area contributed by atoms with Crippen molar-refractivity contribution in [1.82, 2.24) is 15.3 Å². The molecule has 0 amide bonds. The maximum absolute atomic E-state index is 13.8. The van der Waals surface area contributed by atoms with Gasteiger partial charge in [-0.05, 0) is 29.8 Å². The standard InChI is InChI=1S/C19H14FN3OS/c1-12-19(23-24-22-12)15-7-4-6-14(9-15)17-11-25-18(21-17)10-13-5-2-3-8-16(13)20/h2-9,11H,10H2,1H3. The van der Waals surface area contributed by atoms with E-state index < -0.39 is 0 Å². The van der Waals surface area contributed by atoms with Crippen LogP contribution < -0.4 is 0 Å². The van der Waals surface area contributed by atoms with E-state index in [-0.39, 0.29) is 5.82 Å². The van der Waals surface area contributed by atoms with Crippen molar-refractivity contribution >= 4 is 11.3 Å². The molecule has 0 bridgehead atoms. The average Bonchev–Trinajstić information content (AvgIpc) is 3.26. The summed E-state index contributed by atoms with van der Waals surface area (Å²) in [7, 11) is 0. The summed E-state index contributed by atoms with van der Waals surface area (Å²) in [4.78, 5) is 4.65. The number of hydrogen-bond acceptors (Lipinski definition) is 5. The fourth-order valence-electron chi connectivity index (χ4n) is 2.65. The van der Waals surface area contributed by atoms with Gasteiger partial charge in [0.25, 0.3) is 0 Å². The number of nitrogens with zero attached hydrogens (tertiary/aromatic N) is 3. The maximum Gasteiger partial charge on any atom is 0.137 e. The van der Waals surface area contributed by atoms with Crippen LogP contribution in [0.15, 0.2) is 58.5 Å². The molecular formula is C19H14FN3OS. The zero-order valence-corrected chi connectivity index (χ0v) is 14.3. The molecule has 0 saturated heterocycles. The minimum Gasteiger partial charge on any atom is -0.244 e. The molecule has 2 aromatic heterocycles. The number of aryl methyl sites for hydroxylation is 1. The van der Waals surface area contributed by atoms with Crippen LogP contribution in [0.5, 0.6) is 0 Å². The second-order valence-electron chi connectivity index (χ2n) is 5.67. The SMILES string of the molecule is Cc1nonc1-c1cccc(-c2csc(Cc3ccccc3F)n2)c1. The third-order valence-electron chi connectivity index (χ3n) is 3.94. The molecule has 0 saturated carbocycles. The number of aromatic nitrogens is 3. The molecule has 0 aliphatic heterocycles. The number of hydrogen-bond donors (Lipinski definition) is 0. The zero-order valence-electron chi connectivity index (χ0n) is 13.4. The molecule has 4 rings (SSSR count). The summed E-state index contributed by atoms with van der Waals surface area (Å²) in [5.74, 6) is -0.199. The second-order valence-corrected chi connectivity index (χ2v) is 6.62. The van der Waals surface area contributed by atoms with Crippen molar-refractivity contribution in [3.8, 4) is 22.5 Å². The van der Waals surface area contributed by atoms with Crippen LogP contribution in [0, 0.1) is 12.7 Å². The summed E-state index contributed by atoms with van der Waals surface area (Å²) in [5.41, 5.74) is 4.91. The summed E-state index contributed by atoms with van der Waals surface area (Å²) in [5, 5.41) is 10.6. The summed E-state index contributed by atoms with van der Waals surface area (Å²) in [6.45, 7) is 1.86. The molecule has 0 N–H and O–H groups in total. The Balaban J connectivity index is 1.62. The average molecular weight is 351 g/mol. The summed E-state index contributed by atoms with van der Waals surface area (Å²) in [6, 6.07) is 14.7. The minimum atomic E-state index is -0.199. The molecule has 0 unspecified atom stereocenters. The Morgan fingerprint density at radius 2 is 1.88 bits per heavy atom. The smallest absolute Gasteiger partial charge is 0.137 e. The summed E-state index contributed by atoms with van der Waals surface area (Å²) in [6.07, 6.45) is 0.489. The van der Waals surface area contributed by atoms with E-state index in [1.54, 1.807) is 12.1 Å². The van der Waals surface area contributed by atoms with E-state index in [9.17, 15) is 4.39 Å². The number of halogens is 1. The quantitative estimate of drug-likeness (QED) is 0.525. The lowest BCUT2D eigenvalue weighted by atomic mass is 10.1. The van der Waals surface area contributed by atoms with Crippen molar-refractivity contribution < 1.29 is 9.02 Å². The molecule has 25 heavy (non-hydrogen) atoms. The molecule has 6 heteroatoms. The van der Waals surface area contributed by atoms with Crippen molar-refractivity contribution in [3.63, 3.8) is 0 Å². The Kier molecular flexibility index (Phi) is 4.11.